The van der Waals surface area contributed by atoms with E-state index in [9.17, 15) is 0 Å². The van der Waals surface area contributed by atoms with Gasteiger partial charge in [-0.15, -0.1) is 0 Å². The predicted molar refractivity (Wildman–Crippen MR) is 71.0 cm³/mol. The molecule has 0 saturated heterocycles. The Bertz CT molecular complexity index is 392. The largest absolute Gasteiger partial charge is 0.497 e. The maximum atomic E-state index is 5.85. The smallest absolute Gasteiger partial charge is 0.121 e. The van der Waals surface area contributed by atoms with Gasteiger partial charge in [0, 0.05) is 24.8 Å². The van der Waals surface area contributed by atoms with E-state index in [1.165, 1.54) is 18.5 Å². The van der Waals surface area contributed by atoms with Gasteiger partial charge in [-0.05, 0) is 43.0 Å². The quantitative estimate of drug-likeness (QED) is 0.795. The van der Waals surface area contributed by atoms with E-state index < -0.39 is 0 Å². The van der Waals surface area contributed by atoms with Crippen LogP contribution in [0.5, 0.6) is 5.75 Å². The second kappa shape index (κ2) is 4.96. The van der Waals surface area contributed by atoms with E-state index in [0.29, 0.717) is 0 Å². The summed E-state index contributed by atoms with van der Waals surface area (Å²) in [6.07, 6.45) is 1.38. The number of nitrogen functional groups attached to an aromatic ring is 1. The minimum absolute atomic E-state index is 0.771. The van der Waals surface area contributed by atoms with Crippen molar-refractivity contribution in [1.82, 2.24) is 4.90 Å². The highest BCUT2D eigenvalue weighted by atomic mass is 16.5. The number of anilines is 1. The highest BCUT2D eigenvalue weighted by molar-refractivity contribution is 5.47. The number of benzene rings is 1. The van der Waals surface area contributed by atoms with Crippen molar-refractivity contribution >= 4 is 5.69 Å². The van der Waals surface area contributed by atoms with Crippen LogP contribution in [0.4, 0.5) is 5.69 Å². The van der Waals surface area contributed by atoms with E-state index in [4.69, 9.17) is 10.5 Å². The number of rotatable bonds is 5. The van der Waals surface area contributed by atoms with Gasteiger partial charge in [-0.2, -0.15) is 0 Å². The molecule has 17 heavy (non-hydrogen) atoms. The van der Waals surface area contributed by atoms with Crippen LogP contribution in [0.2, 0.25) is 0 Å². The second-order valence-electron chi connectivity index (χ2n) is 5.28. The molecular formula is C14H22N2O. The third-order valence-electron chi connectivity index (χ3n) is 3.50. The van der Waals surface area contributed by atoms with Crippen molar-refractivity contribution in [2.24, 2.45) is 11.8 Å². The molecule has 0 aliphatic heterocycles. The molecule has 3 heteroatoms. The molecular weight excluding hydrogens is 212 g/mol. The molecule has 1 saturated carbocycles. The fraction of sp³-hybridized carbons (Fsp3) is 0.571. The van der Waals surface area contributed by atoms with Crippen molar-refractivity contribution in [2.45, 2.75) is 19.9 Å². The Labute approximate surface area is 104 Å². The molecule has 0 amide bonds. The average Bonchev–Trinajstić information content (AvgIpc) is 2.92. The molecule has 2 rings (SSSR count). The number of nitrogens with zero attached hydrogens (tertiary/aromatic N) is 1. The van der Waals surface area contributed by atoms with Gasteiger partial charge in [0.05, 0.1) is 7.11 Å². The third-order valence-corrected chi connectivity index (χ3v) is 3.50. The van der Waals surface area contributed by atoms with Crippen LogP contribution >= 0.6 is 0 Å². The summed E-state index contributed by atoms with van der Waals surface area (Å²) < 4.78 is 5.23. The lowest BCUT2D eigenvalue weighted by Crippen LogP contribution is -2.21. The lowest BCUT2D eigenvalue weighted by atomic mass is 10.1. The van der Waals surface area contributed by atoms with Crippen molar-refractivity contribution < 1.29 is 4.74 Å². The van der Waals surface area contributed by atoms with Crippen LogP contribution in [0.3, 0.4) is 0 Å². The molecule has 0 radical (unpaired) electrons. The van der Waals surface area contributed by atoms with E-state index in [0.717, 1.165) is 29.8 Å². The van der Waals surface area contributed by atoms with E-state index in [1.54, 1.807) is 7.11 Å². The van der Waals surface area contributed by atoms with Crippen LogP contribution in [0.1, 0.15) is 18.9 Å². The zero-order chi connectivity index (χ0) is 12.4. The van der Waals surface area contributed by atoms with Crippen molar-refractivity contribution in [3.63, 3.8) is 0 Å². The predicted octanol–water partition coefficient (Wildman–Crippen LogP) is 2.37. The molecule has 1 aromatic rings. The van der Waals surface area contributed by atoms with Crippen molar-refractivity contribution in [3.05, 3.63) is 23.8 Å². The molecule has 0 bridgehead atoms. The van der Waals surface area contributed by atoms with Crippen LogP contribution in [-0.2, 0) is 6.54 Å². The first-order valence-corrected chi connectivity index (χ1v) is 6.20. The van der Waals surface area contributed by atoms with Gasteiger partial charge in [-0.1, -0.05) is 6.92 Å². The fourth-order valence-electron chi connectivity index (χ4n) is 2.33. The maximum absolute atomic E-state index is 5.85. The summed E-state index contributed by atoms with van der Waals surface area (Å²) in [4.78, 5) is 2.36. The lowest BCUT2D eigenvalue weighted by Gasteiger charge is -2.17. The van der Waals surface area contributed by atoms with Gasteiger partial charge in [0.1, 0.15) is 5.75 Å². The Morgan fingerprint density at radius 1 is 1.41 bits per heavy atom. The van der Waals surface area contributed by atoms with Crippen LogP contribution in [-0.4, -0.2) is 25.6 Å². The van der Waals surface area contributed by atoms with E-state index in [-0.39, 0.29) is 0 Å². The van der Waals surface area contributed by atoms with Crippen molar-refractivity contribution in [2.75, 3.05) is 26.4 Å². The van der Waals surface area contributed by atoms with Crippen LogP contribution in [0, 0.1) is 11.8 Å². The zero-order valence-electron chi connectivity index (χ0n) is 10.9. The number of methoxy groups -OCH3 is 1. The summed E-state index contributed by atoms with van der Waals surface area (Å²) >= 11 is 0. The molecule has 1 fully saturated rings. The molecule has 1 aliphatic rings. The number of ether oxygens (including phenoxy) is 1. The third kappa shape index (κ3) is 3.37. The number of nitrogens with two attached hydrogens (primary N) is 1. The first-order valence-electron chi connectivity index (χ1n) is 6.20. The molecule has 1 aromatic carbocycles. The molecule has 3 nitrogen and oxygen atoms in total. The SMILES string of the molecule is COc1cc(N)cc(CN(C)CC2CC2C)c1. The molecule has 2 atom stereocenters. The number of hydrogen-bond acceptors (Lipinski definition) is 3. The molecule has 2 N–H and O–H groups in total. The number of hydrogen-bond donors (Lipinski definition) is 1. The van der Waals surface area contributed by atoms with Gasteiger partial charge in [-0.3, -0.25) is 0 Å². The monoisotopic (exact) mass is 234 g/mol. The lowest BCUT2D eigenvalue weighted by molar-refractivity contribution is 0.307. The van der Waals surface area contributed by atoms with Crippen LogP contribution < -0.4 is 10.5 Å². The molecule has 0 aromatic heterocycles. The van der Waals surface area contributed by atoms with Gasteiger partial charge in [0.25, 0.3) is 0 Å². The summed E-state index contributed by atoms with van der Waals surface area (Å²) in [7, 11) is 3.84. The fourth-order valence-corrected chi connectivity index (χ4v) is 2.33. The summed E-state index contributed by atoms with van der Waals surface area (Å²) in [6.45, 7) is 4.44. The highest BCUT2D eigenvalue weighted by Crippen LogP contribution is 2.38. The van der Waals surface area contributed by atoms with E-state index in [1.807, 2.05) is 12.1 Å². The Morgan fingerprint density at radius 2 is 2.12 bits per heavy atom. The van der Waals surface area contributed by atoms with E-state index >= 15 is 0 Å². The van der Waals surface area contributed by atoms with Gasteiger partial charge >= 0.3 is 0 Å². The zero-order valence-corrected chi connectivity index (χ0v) is 10.9. The first kappa shape index (κ1) is 12.2. The minimum Gasteiger partial charge on any atom is -0.497 e. The summed E-state index contributed by atoms with van der Waals surface area (Å²) in [5.74, 6) is 2.64. The Kier molecular flexibility index (Phi) is 3.57. The molecule has 1 aliphatic carbocycles. The summed E-state index contributed by atoms with van der Waals surface area (Å²) in [5, 5.41) is 0. The highest BCUT2D eigenvalue weighted by Gasteiger charge is 2.32. The molecule has 94 valence electrons. The minimum atomic E-state index is 0.771. The van der Waals surface area contributed by atoms with E-state index in [2.05, 4.69) is 24.9 Å². The van der Waals surface area contributed by atoms with Gasteiger partial charge in [-0.25, -0.2) is 0 Å². The molecule has 2 unspecified atom stereocenters. The van der Waals surface area contributed by atoms with Crippen molar-refractivity contribution in [1.29, 1.82) is 0 Å². The van der Waals surface area contributed by atoms with Gasteiger partial charge in [0.2, 0.25) is 0 Å². The average molecular weight is 234 g/mol. The Morgan fingerprint density at radius 3 is 2.71 bits per heavy atom. The maximum Gasteiger partial charge on any atom is 0.121 e. The normalized spacial score (nSPS) is 22.8. The Balaban J connectivity index is 1.94. The molecule has 0 heterocycles. The van der Waals surface area contributed by atoms with Gasteiger partial charge in [0.15, 0.2) is 0 Å². The van der Waals surface area contributed by atoms with Crippen LogP contribution in [0.25, 0.3) is 0 Å². The molecule has 0 spiro atoms. The summed E-state index contributed by atoms with van der Waals surface area (Å²) in [6, 6.07) is 5.94. The topological polar surface area (TPSA) is 38.5 Å². The first-order chi connectivity index (χ1) is 8.08. The van der Waals surface area contributed by atoms with Crippen molar-refractivity contribution in [3.8, 4) is 5.75 Å². The standard InChI is InChI=1S/C14H22N2O/c1-10-4-12(10)9-16(2)8-11-5-13(15)7-14(6-11)17-3/h5-7,10,12H,4,8-9,15H2,1-3H3. The van der Waals surface area contributed by atoms with Gasteiger partial charge < -0.3 is 15.4 Å². The summed E-state index contributed by atoms with van der Waals surface area (Å²) in [5.41, 5.74) is 7.84. The Hall–Kier alpha value is -1.22. The second-order valence-corrected chi connectivity index (χ2v) is 5.28. The van der Waals surface area contributed by atoms with Crippen LogP contribution in [0.15, 0.2) is 18.2 Å².